The van der Waals surface area contributed by atoms with Crippen molar-refractivity contribution in [3.63, 3.8) is 0 Å². The lowest BCUT2D eigenvalue weighted by molar-refractivity contribution is 0.605. The molecule has 1 N–H and O–H groups in total. The lowest BCUT2D eigenvalue weighted by Gasteiger charge is -2.09. The summed E-state index contributed by atoms with van der Waals surface area (Å²) < 4.78 is 37.9. The lowest BCUT2D eigenvalue weighted by Crippen LogP contribution is -2.14. The molecule has 1 rings (SSSR count). The minimum Gasteiger partial charge on any atom is -0.283 e. The molecule has 0 fully saturated rings. The van der Waals surface area contributed by atoms with Gasteiger partial charge in [-0.1, -0.05) is 15.9 Å². The van der Waals surface area contributed by atoms with Gasteiger partial charge >= 0.3 is 0 Å². The first-order valence-corrected chi connectivity index (χ1v) is 7.44. The molecular formula is C8H8Br2FNO2S. The van der Waals surface area contributed by atoms with Crippen LogP contribution in [0.2, 0.25) is 0 Å². The molecule has 0 spiro atoms. The van der Waals surface area contributed by atoms with Gasteiger partial charge in [0.1, 0.15) is 10.5 Å². The van der Waals surface area contributed by atoms with Crippen molar-refractivity contribution in [3.05, 3.63) is 28.0 Å². The molecule has 0 aliphatic carbocycles. The van der Waals surface area contributed by atoms with Crippen molar-refractivity contribution in [2.75, 3.05) is 9.38 Å². The van der Waals surface area contributed by atoms with Gasteiger partial charge in [0.05, 0.1) is 10.2 Å². The van der Waals surface area contributed by atoms with Gasteiger partial charge in [-0.15, -0.1) is 0 Å². The number of hydrogen-bond donors (Lipinski definition) is 1. The molecule has 0 saturated heterocycles. The van der Waals surface area contributed by atoms with E-state index in [1.165, 1.54) is 12.1 Å². The fourth-order valence-corrected chi connectivity index (χ4v) is 2.25. The Hall–Kier alpha value is -0.140. The third kappa shape index (κ3) is 3.42. The molecule has 0 aromatic heterocycles. The van der Waals surface area contributed by atoms with Crippen LogP contribution in [0.5, 0.6) is 0 Å². The molecule has 0 radical (unpaired) electrons. The molecule has 0 saturated carbocycles. The number of sulfonamides is 1. The summed E-state index contributed by atoms with van der Waals surface area (Å²) in [5.41, 5.74) is 0.892. The van der Waals surface area contributed by atoms with Crippen molar-refractivity contribution in [1.82, 2.24) is 0 Å². The summed E-state index contributed by atoms with van der Waals surface area (Å²) in [5, 5.41) is 0. The topological polar surface area (TPSA) is 46.2 Å². The van der Waals surface area contributed by atoms with Crippen LogP contribution in [0, 0.1) is 12.7 Å². The molecule has 0 aliphatic heterocycles. The van der Waals surface area contributed by atoms with E-state index in [0.717, 1.165) is 0 Å². The van der Waals surface area contributed by atoms with Crippen LogP contribution in [0.1, 0.15) is 5.56 Å². The monoisotopic (exact) mass is 359 g/mol. The third-order valence-electron chi connectivity index (χ3n) is 1.68. The number of hydrogen-bond acceptors (Lipinski definition) is 2. The molecule has 84 valence electrons. The number of benzene rings is 1. The fourth-order valence-electron chi connectivity index (χ4n) is 0.951. The molecule has 0 amide bonds. The Labute approximate surface area is 104 Å². The third-order valence-corrected chi connectivity index (χ3v) is 4.91. The van der Waals surface area contributed by atoms with E-state index in [0.29, 0.717) is 11.3 Å². The van der Waals surface area contributed by atoms with Crippen molar-refractivity contribution >= 4 is 47.6 Å². The van der Waals surface area contributed by atoms with Crippen LogP contribution in [0.3, 0.4) is 0 Å². The number of alkyl halides is 1. The van der Waals surface area contributed by atoms with Crippen molar-refractivity contribution in [2.45, 2.75) is 6.92 Å². The number of rotatable bonds is 3. The minimum absolute atomic E-state index is 0.200. The van der Waals surface area contributed by atoms with Gasteiger partial charge in [-0.2, -0.15) is 0 Å². The average Bonchev–Trinajstić information content (AvgIpc) is 2.14. The molecule has 1 aromatic carbocycles. The second kappa shape index (κ2) is 4.80. The molecule has 15 heavy (non-hydrogen) atoms. The Bertz CT molecular complexity index is 476. The largest absolute Gasteiger partial charge is 0.283 e. The SMILES string of the molecule is Cc1cc(F)c(Br)cc1NS(=O)(=O)CBr. The van der Waals surface area contributed by atoms with Crippen LogP contribution in [0.15, 0.2) is 16.6 Å². The highest BCUT2D eigenvalue weighted by Gasteiger charge is 2.11. The van der Waals surface area contributed by atoms with E-state index in [1.807, 2.05) is 0 Å². The summed E-state index contributed by atoms with van der Waals surface area (Å²) in [4.78, 5) is 0. The molecule has 1 aromatic rings. The van der Waals surface area contributed by atoms with Crippen molar-refractivity contribution in [3.8, 4) is 0 Å². The molecule has 0 unspecified atom stereocenters. The van der Waals surface area contributed by atoms with E-state index in [2.05, 4.69) is 36.6 Å². The lowest BCUT2D eigenvalue weighted by atomic mass is 10.2. The highest BCUT2D eigenvalue weighted by Crippen LogP contribution is 2.25. The second-order valence-corrected chi connectivity index (χ2v) is 6.79. The van der Waals surface area contributed by atoms with E-state index >= 15 is 0 Å². The Kier molecular flexibility index (Phi) is 4.13. The van der Waals surface area contributed by atoms with Crippen LogP contribution in [0.25, 0.3) is 0 Å². The number of halogens is 3. The summed E-state index contributed by atoms with van der Waals surface area (Å²) in [6.07, 6.45) is 0. The fraction of sp³-hybridized carbons (Fsp3) is 0.250. The normalized spacial score (nSPS) is 11.5. The smallest absolute Gasteiger partial charge is 0.242 e. The zero-order chi connectivity index (χ0) is 11.6. The van der Waals surface area contributed by atoms with Crippen LogP contribution in [0.4, 0.5) is 10.1 Å². The van der Waals surface area contributed by atoms with E-state index in [-0.39, 0.29) is 9.13 Å². The summed E-state index contributed by atoms with van der Waals surface area (Å²) in [6.45, 7) is 1.63. The molecule has 3 nitrogen and oxygen atoms in total. The van der Waals surface area contributed by atoms with Gasteiger partial charge in [0.15, 0.2) is 0 Å². The van der Waals surface area contributed by atoms with Crippen molar-refractivity contribution in [1.29, 1.82) is 0 Å². The van der Waals surface area contributed by atoms with Gasteiger partial charge in [0.2, 0.25) is 10.0 Å². The molecule has 0 aliphatic rings. The van der Waals surface area contributed by atoms with Crippen molar-refractivity contribution in [2.24, 2.45) is 0 Å². The number of anilines is 1. The maximum atomic E-state index is 13.0. The minimum atomic E-state index is -3.40. The van der Waals surface area contributed by atoms with Crippen LogP contribution < -0.4 is 4.72 Å². The number of aryl methyl sites for hydroxylation is 1. The predicted molar refractivity (Wildman–Crippen MR) is 65.2 cm³/mol. The van der Waals surface area contributed by atoms with Crippen LogP contribution in [-0.4, -0.2) is 13.1 Å². The molecule has 0 bridgehead atoms. The molecular weight excluding hydrogens is 353 g/mol. The van der Waals surface area contributed by atoms with Gasteiger partial charge in [0, 0.05) is 0 Å². The predicted octanol–water partition coefficient (Wildman–Crippen LogP) is 2.99. The number of nitrogens with one attached hydrogen (secondary N) is 1. The zero-order valence-electron chi connectivity index (χ0n) is 7.72. The Morgan fingerprint density at radius 2 is 2.07 bits per heavy atom. The first-order valence-electron chi connectivity index (χ1n) is 3.88. The van der Waals surface area contributed by atoms with Gasteiger partial charge in [-0.25, -0.2) is 12.8 Å². The van der Waals surface area contributed by atoms with Crippen molar-refractivity contribution < 1.29 is 12.8 Å². The zero-order valence-corrected chi connectivity index (χ0v) is 11.7. The highest BCUT2D eigenvalue weighted by atomic mass is 79.9. The highest BCUT2D eigenvalue weighted by molar-refractivity contribution is 9.11. The Morgan fingerprint density at radius 3 is 2.60 bits per heavy atom. The van der Waals surface area contributed by atoms with E-state index in [4.69, 9.17) is 0 Å². The van der Waals surface area contributed by atoms with E-state index in [1.54, 1.807) is 6.92 Å². The second-order valence-electron chi connectivity index (χ2n) is 2.91. The summed E-state index contributed by atoms with van der Waals surface area (Å²) in [6, 6.07) is 2.65. The van der Waals surface area contributed by atoms with Gasteiger partial charge in [-0.05, 0) is 40.5 Å². The average molecular weight is 361 g/mol. The molecule has 0 atom stereocenters. The van der Waals surface area contributed by atoms with Crippen LogP contribution in [-0.2, 0) is 10.0 Å². The maximum absolute atomic E-state index is 13.0. The van der Waals surface area contributed by atoms with Crippen LogP contribution >= 0.6 is 31.9 Å². The molecule has 0 heterocycles. The summed E-state index contributed by atoms with van der Waals surface area (Å²) in [5.74, 6) is -0.422. The van der Waals surface area contributed by atoms with Gasteiger partial charge < -0.3 is 0 Å². The summed E-state index contributed by atoms with van der Waals surface area (Å²) >= 11 is 5.84. The van der Waals surface area contributed by atoms with Gasteiger partial charge in [0.25, 0.3) is 0 Å². The molecule has 7 heteroatoms. The first-order chi connectivity index (χ1) is 6.85. The standard InChI is InChI=1S/C8H8Br2FNO2S/c1-5-2-7(11)6(10)3-8(5)12-15(13,14)4-9/h2-3,12H,4H2,1H3. The maximum Gasteiger partial charge on any atom is 0.242 e. The quantitative estimate of drug-likeness (QED) is 0.842. The van der Waals surface area contributed by atoms with E-state index in [9.17, 15) is 12.8 Å². The first kappa shape index (κ1) is 12.9. The van der Waals surface area contributed by atoms with E-state index < -0.39 is 15.8 Å². The summed E-state index contributed by atoms with van der Waals surface area (Å²) in [7, 11) is -3.40. The Balaban J connectivity index is 3.12. The van der Waals surface area contributed by atoms with Gasteiger partial charge in [-0.3, -0.25) is 4.72 Å². The Morgan fingerprint density at radius 1 is 1.47 bits per heavy atom.